The molecule has 2 rings (SSSR count). The molecule has 10 heteroatoms. The number of aromatic hydroxyl groups is 1. The highest BCUT2D eigenvalue weighted by molar-refractivity contribution is 6.31. The van der Waals surface area contributed by atoms with Gasteiger partial charge in [-0.05, 0) is 18.2 Å². The average Bonchev–Trinajstić information content (AvgIpc) is 2.56. The molecule has 2 aromatic rings. The van der Waals surface area contributed by atoms with Crippen molar-refractivity contribution in [1.82, 2.24) is 5.43 Å². The number of hydrogen-bond donors (Lipinski definition) is 2. The monoisotopic (exact) mass is 364 g/mol. The van der Waals surface area contributed by atoms with Crippen LogP contribution in [0.15, 0.2) is 23.3 Å². The van der Waals surface area contributed by atoms with Gasteiger partial charge in [0.15, 0.2) is 23.3 Å². The number of halogens is 6. The first-order chi connectivity index (χ1) is 11.2. The number of phenolic OH excluding ortho intramolecular Hbond substituents is 1. The molecule has 0 heterocycles. The smallest absolute Gasteiger partial charge is 0.275 e. The lowest BCUT2D eigenvalue weighted by Gasteiger charge is -2.05. The third-order valence-electron chi connectivity index (χ3n) is 2.81. The van der Waals surface area contributed by atoms with E-state index in [9.17, 15) is 31.9 Å². The van der Waals surface area contributed by atoms with Crippen molar-refractivity contribution >= 4 is 23.7 Å². The maximum Gasteiger partial charge on any atom is 0.275 e. The predicted octanol–water partition coefficient (Wildman–Crippen LogP) is 3.51. The maximum atomic E-state index is 13.4. The van der Waals surface area contributed by atoms with Gasteiger partial charge >= 0.3 is 0 Å². The second-order valence-electron chi connectivity index (χ2n) is 4.34. The Labute approximate surface area is 136 Å². The lowest BCUT2D eigenvalue weighted by molar-refractivity contribution is 0.0952. The summed E-state index contributed by atoms with van der Waals surface area (Å²) in [5.74, 6) is -12.3. The molecular formula is C14H6ClF5N2O2. The summed E-state index contributed by atoms with van der Waals surface area (Å²) in [6.07, 6.45) is 0.246. The first-order valence-electron chi connectivity index (χ1n) is 6.07. The van der Waals surface area contributed by atoms with Gasteiger partial charge in [0, 0.05) is 5.02 Å². The minimum atomic E-state index is -2.31. The summed E-state index contributed by atoms with van der Waals surface area (Å²) < 4.78 is 65.6. The standard InChI is InChI=1S/C14H6ClF5N2O2/c15-5-1-2-8(23)6(3-5)14(24)22-21-4-7-9(16)11(18)13(20)12(19)10(7)17/h1-4,23H,(H,22,24). The molecule has 0 aliphatic carbocycles. The summed E-state index contributed by atoms with van der Waals surface area (Å²) in [6, 6.07) is 3.50. The molecule has 0 radical (unpaired) electrons. The molecular weight excluding hydrogens is 359 g/mol. The van der Waals surface area contributed by atoms with E-state index in [1.54, 1.807) is 5.43 Å². The predicted molar refractivity (Wildman–Crippen MR) is 74.4 cm³/mol. The fourth-order valence-electron chi connectivity index (χ4n) is 1.64. The van der Waals surface area contributed by atoms with E-state index in [0.717, 1.165) is 12.1 Å². The maximum absolute atomic E-state index is 13.4. The zero-order chi connectivity index (χ0) is 18.0. The lowest BCUT2D eigenvalue weighted by atomic mass is 10.2. The Morgan fingerprint density at radius 2 is 1.58 bits per heavy atom. The Morgan fingerprint density at radius 3 is 2.17 bits per heavy atom. The Kier molecular flexibility index (Phi) is 5.03. The largest absolute Gasteiger partial charge is 0.507 e. The first-order valence-corrected chi connectivity index (χ1v) is 6.45. The normalized spacial score (nSPS) is 11.1. The van der Waals surface area contributed by atoms with Crippen molar-refractivity contribution in [3.8, 4) is 5.75 Å². The number of carbonyl (C=O) groups excluding carboxylic acids is 1. The van der Waals surface area contributed by atoms with Gasteiger partial charge in [-0.2, -0.15) is 5.10 Å². The van der Waals surface area contributed by atoms with E-state index in [-0.39, 0.29) is 16.8 Å². The Hall–Kier alpha value is -2.68. The zero-order valence-electron chi connectivity index (χ0n) is 11.4. The van der Waals surface area contributed by atoms with Crippen LogP contribution in [0.5, 0.6) is 5.75 Å². The molecule has 0 spiro atoms. The van der Waals surface area contributed by atoms with Crippen LogP contribution in [0.3, 0.4) is 0 Å². The first kappa shape index (κ1) is 17.7. The van der Waals surface area contributed by atoms with E-state index in [4.69, 9.17) is 11.6 Å². The number of phenols is 1. The van der Waals surface area contributed by atoms with Crippen molar-refractivity contribution in [2.45, 2.75) is 0 Å². The summed E-state index contributed by atoms with van der Waals surface area (Å²) in [7, 11) is 0. The third kappa shape index (κ3) is 3.30. The van der Waals surface area contributed by atoms with Crippen LogP contribution in [0.4, 0.5) is 22.0 Å². The van der Waals surface area contributed by atoms with Crippen LogP contribution in [-0.4, -0.2) is 17.2 Å². The highest BCUT2D eigenvalue weighted by Gasteiger charge is 2.24. The lowest BCUT2D eigenvalue weighted by Crippen LogP contribution is -2.18. The SMILES string of the molecule is O=C(NN=Cc1c(F)c(F)c(F)c(F)c1F)c1cc(Cl)ccc1O. The van der Waals surface area contributed by atoms with Crippen LogP contribution in [-0.2, 0) is 0 Å². The summed E-state index contributed by atoms with van der Waals surface area (Å²) in [4.78, 5) is 11.7. The summed E-state index contributed by atoms with van der Waals surface area (Å²) >= 11 is 5.63. The molecule has 0 aromatic heterocycles. The Bertz CT molecular complexity index is 829. The van der Waals surface area contributed by atoms with E-state index < -0.39 is 46.3 Å². The van der Waals surface area contributed by atoms with Crippen LogP contribution in [0, 0.1) is 29.1 Å². The zero-order valence-corrected chi connectivity index (χ0v) is 12.1. The Morgan fingerprint density at radius 1 is 1.04 bits per heavy atom. The summed E-state index contributed by atoms with van der Waals surface area (Å²) in [5.41, 5.74) is 0.124. The number of hydrogen-bond acceptors (Lipinski definition) is 3. The van der Waals surface area contributed by atoms with Crippen LogP contribution < -0.4 is 5.43 Å². The number of amides is 1. The number of nitrogens with one attached hydrogen (secondary N) is 1. The van der Waals surface area contributed by atoms with E-state index in [2.05, 4.69) is 5.10 Å². The average molecular weight is 365 g/mol. The van der Waals surface area contributed by atoms with Crippen molar-refractivity contribution in [1.29, 1.82) is 0 Å². The molecule has 1 amide bonds. The van der Waals surface area contributed by atoms with Crippen LogP contribution >= 0.6 is 11.6 Å². The summed E-state index contributed by atoms with van der Waals surface area (Å²) in [6.45, 7) is 0. The van der Waals surface area contributed by atoms with Crippen LogP contribution in [0.25, 0.3) is 0 Å². The number of benzene rings is 2. The molecule has 24 heavy (non-hydrogen) atoms. The van der Waals surface area contributed by atoms with E-state index in [0.29, 0.717) is 0 Å². The molecule has 0 bridgehead atoms. The van der Waals surface area contributed by atoms with Gasteiger partial charge in [0.1, 0.15) is 5.75 Å². The fourth-order valence-corrected chi connectivity index (χ4v) is 1.81. The van der Waals surface area contributed by atoms with E-state index in [1.165, 1.54) is 6.07 Å². The van der Waals surface area contributed by atoms with Crippen LogP contribution in [0.1, 0.15) is 15.9 Å². The second-order valence-corrected chi connectivity index (χ2v) is 4.78. The summed E-state index contributed by atoms with van der Waals surface area (Å²) in [5, 5.41) is 12.7. The minimum absolute atomic E-state index is 0.113. The number of rotatable bonds is 3. The van der Waals surface area contributed by atoms with Crippen molar-refractivity contribution in [3.05, 3.63) is 63.4 Å². The highest BCUT2D eigenvalue weighted by atomic mass is 35.5. The van der Waals surface area contributed by atoms with Gasteiger partial charge in [-0.15, -0.1) is 0 Å². The number of carbonyl (C=O) groups is 1. The molecule has 0 aliphatic heterocycles. The number of nitrogens with zero attached hydrogens (tertiary/aromatic N) is 1. The molecule has 126 valence electrons. The van der Waals surface area contributed by atoms with Crippen LogP contribution in [0.2, 0.25) is 5.02 Å². The molecule has 0 fully saturated rings. The molecule has 2 aromatic carbocycles. The molecule has 4 nitrogen and oxygen atoms in total. The topological polar surface area (TPSA) is 61.7 Å². The Balaban J connectivity index is 2.27. The van der Waals surface area contributed by atoms with Gasteiger partial charge in [0.25, 0.3) is 5.91 Å². The number of hydrazone groups is 1. The minimum Gasteiger partial charge on any atom is -0.507 e. The second kappa shape index (κ2) is 6.83. The fraction of sp³-hybridized carbons (Fsp3) is 0. The van der Waals surface area contributed by atoms with Crippen molar-refractivity contribution in [2.75, 3.05) is 0 Å². The van der Waals surface area contributed by atoms with Gasteiger partial charge in [-0.25, -0.2) is 27.4 Å². The van der Waals surface area contributed by atoms with Crippen molar-refractivity contribution in [2.24, 2.45) is 5.10 Å². The molecule has 0 saturated heterocycles. The molecule has 0 aliphatic rings. The molecule has 0 unspecified atom stereocenters. The van der Waals surface area contributed by atoms with Gasteiger partial charge < -0.3 is 5.11 Å². The van der Waals surface area contributed by atoms with E-state index >= 15 is 0 Å². The van der Waals surface area contributed by atoms with Gasteiger partial charge in [-0.3, -0.25) is 4.79 Å². The van der Waals surface area contributed by atoms with Gasteiger partial charge in [0.2, 0.25) is 5.82 Å². The molecule has 0 saturated carbocycles. The van der Waals surface area contributed by atoms with Gasteiger partial charge in [-0.1, -0.05) is 11.6 Å². The van der Waals surface area contributed by atoms with Gasteiger partial charge in [0.05, 0.1) is 17.3 Å². The van der Waals surface area contributed by atoms with Crippen molar-refractivity contribution in [3.63, 3.8) is 0 Å². The third-order valence-corrected chi connectivity index (χ3v) is 3.04. The molecule has 0 atom stereocenters. The highest BCUT2D eigenvalue weighted by Crippen LogP contribution is 2.22. The van der Waals surface area contributed by atoms with Crippen molar-refractivity contribution < 1.29 is 31.9 Å². The van der Waals surface area contributed by atoms with E-state index in [1.807, 2.05) is 0 Å². The quantitative estimate of drug-likeness (QED) is 0.288. The molecule has 2 N–H and O–H groups in total.